The molecule has 0 spiro atoms. The number of hydrogen-bond donors (Lipinski definition) is 2. The molecule has 0 aliphatic heterocycles. The largest absolute Gasteiger partial charge is 0.479 e. The van der Waals surface area contributed by atoms with Crippen molar-refractivity contribution in [3.05, 3.63) is 0 Å². The first-order valence-electron chi connectivity index (χ1n) is 8.17. The number of azo groups is 1. The molecule has 0 aromatic heterocycles. The van der Waals surface area contributed by atoms with E-state index in [1.165, 1.54) is 0 Å². The number of carboxylic acids is 2. The molecule has 2 N–H and O–H groups in total. The Morgan fingerprint density at radius 1 is 0.773 bits per heavy atom. The number of rotatable bonds is 4. The molecule has 0 aromatic rings. The predicted octanol–water partition coefficient (Wildman–Crippen LogP) is 3.65. The van der Waals surface area contributed by atoms with Gasteiger partial charge in [-0.3, -0.25) is 0 Å². The van der Waals surface area contributed by atoms with Crippen molar-refractivity contribution in [2.75, 3.05) is 0 Å². The van der Waals surface area contributed by atoms with Gasteiger partial charge in [0.2, 0.25) is 0 Å². The average molecular weight is 310 g/mol. The molecule has 0 bridgehead atoms. The van der Waals surface area contributed by atoms with Crippen LogP contribution in [0.25, 0.3) is 0 Å². The summed E-state index contributed by atoms with van der Waals surface area (Å²) < 4.78 is 0. The van der Waals surface area contributed by atoms with Crippen LogP contribution >= 0.6 is 0 Å². The lowest BCUT2D eigenvalue weighted by atomic mass is 9.63. The van der Waals surface area contributed by atoms with E-state index in [9.17, 15) is 19.8 Å². The van der Waals surface area contributed by atoms with Crippen LogP contribution in [0.2, 0.25) is 0 Å². The molecular weight excluding hydrogens is 284 g/mol. The van der Waals surface area contributed by atoms with Crippen LogP contribution in [-0.2, 0) is 9.59 Å². The van der Waals surface area contributed by atoms with Gasteiger partial charge >= 0.3 is 11.9 Å². The number of nitrogens with zero attached hydrogens (tertiary/aromatic N) is 2. The maximum absolute atomic E-state index is 11.9. The molecule has 2 fully saturated rings. The van der Waals surface area contributed by atoms with Crippen LogP contribution in [0.15, 0.2) is 10.2 Å². The third kappa shape index (κ3) is 2.75. The number of aliphatic carboxylic acids is 2. The Labute approximate surface area is 131 Å². The van der Waals surface area contributed by atoms with Crippen molar-refractivity contribution < 1.29 is 19.8 Å². The normalized spacial score (nSPS) is 31.0. The van der Waals surface area contributed by atoms with Gasteiger partial charge < -0.3 is 10.2 Å². The predicted molar refractivity (Wildman–Crippen MR) is 80.9 cm³/mol. The fraction of sp³-hybridized carbons (Fsp3) is 0.875. The fourth-order valence-corrected chi connectivity index (χ4v) is 3.79. The molecule has 1 unspecified atom stereocenters. The summed E-state index contributed by atoms with van der Waals surface area (Å²) in [7, 11) is 0. The van der Waals surface area contributed by atoms with E-state index in [4.69, 9.17) is 0 Å². The number of carbonyl (C=O) groups is 2. The summed E-state index contributed by atoms with van der Waals surface area (Å²) >= 11 is 0. The van der Waals surface area contributed by atoms with E-state index < -0.39 is 28.4 Å². The van der Waals surface area contributed by atoms with Crippen LogP contribution in [0, 0.1) is 5.41 Å². The maximum atomic E-state index is 11.9. The van der Waals surface area contributed by atoms with Gasteiger partial charge in [0, 0.05) is 5.41 Å². The molecule has 6 nitrogen and oxygen atoms in total. The Morgan fingerprint density at radius 3 is 1.82 bits per heavy atom. The Bertz CT molecular complexity index is 481. The highest BCUT2D eigenvalue weighted by molar-refractivity contribution is 5.81. The van der Waals surface area contributed by atoms with Crippen molar-refractivity contribution in [2.24, 2.45) is 15.6 Å². The smallest absolute Gasteiger partial charge is 0.334 e. The zero-order valence-electron chi connectivity index (χ0n) is 13.5. The fourth-order valence-electron chi connectivity index (χ4n) is 3.79. The van der Waals surface area contributed by atoms with E-state index in [1.807, 2.05) is 13.8 Å². The lowest BCUT2D eigenvalue weighted by Gasteiger charge is -2.43. The lowest BCUT2D eigenvalue weighted by molar-refractivity contribution is -0.152. The topological polar surface area (TPSA) is 99.3 Å². The van der Waals surface area contributed by atoms with Crippen molar-refractivity contribution in [1.82, 2.24) is 0 Å². The van der Waals surface area contributed by atoms with Gasteiger partial charge in [-0.25, -0.2) is 9.59 Å². The monoisotopic (exact) mass is 310 g/mol. The van der Waals surface area contributed by atoms with Gasteiger partial charge in [0.15, 0.2) is 11.1 Å². The van der Waals surface area contributed by atoms with Crippen molar-refractivity contribution >= 4 is 11.9 Å². The van der Waals surface area contributed by atoms with E-state index in [2.05, 4.69) is 10.2 Å². The summed E-state index contributed by atoms with van der Waals surface area (Å²) in [5.74, 6) is -1.97. The standard InChI is InChI=1S/C16H26N2O4/c1-14(2)8-6-7-11-16(14,13(21)22)18-17-15(12(19)20)9-4-3-5-10-15/h3-11H2,1-2H3,(H,19,20)(H,21,22)/b18-17+. The molecular formula is C16H26N2O4. The molecule has 2 rings (SSSR count). The molecule has 0 amide bonds. The van der Waals surface area contributed by atoms with Crippen molar-refractivity contribution in [3.63, 3.8) is 0 Å². The molecule has 2 aliphatic carbocycles. The molecule has 124 valence electrons. The van der Waals surface area contributed by atoms with Crippen LogP contribution in [0.5, 0.6) is 0 Å². The van der Waals surface area contributed by atoms with Crippen LogP contribution < -0.4 is 0 Å². The van der Waals surface area contributed by atoms with Crippen molar-refractivity contribution in [3.8, 4) is 0 Å². The first-order chi connectivity index (χ1) is 10.3. The number of carboxylic acid groups (broad SMARTS) is 2. The third-order valence-corrected chi connectivity index (χ3v) is 5.55. The Morgan fingerprint density at radius 2 is 1.32 bits per heavy atom. The molecule has 1 atom stereocenters. The summed E-state index contributed by atoms with van der Waals surface area (Å²) in [5.41, 5.74) is -3.05. The highest BCUT2D eigenvalue weighted by Gasteiger charge is 2.54. The molecule has 0 radical (unpaired) electrons. The van der Waals surface area contributed by atoms with Gasteiger partial charge in [-0.1, -0.05) is 46.0 Å². The van der Waals surface area contributed by atoms with Gasteiger partial charge in [-0.15, -0.1) is 0 Å². The Balaban J connectivity index is 2.38. The van der Waals surface area contributed by atoms with E-state index in [-0.39, 0.29) is 0 Å². The van der Waals surface area contributed by atoms with E-state index in [0.29, 0.717) is 19.3 Å². The van der Waals surface area contributed by atoms with Gasteiger partial charge in [-0.2, -0.15) is 10.2 Å². The van der Waals surface area contributed by atoms with Crippen LogP contribution in [0.4, 0.5) is 0 Å². The second-order valence-corrected chi connectivity index (χ2v) is 7.35. The Kier molecular flexibility index (Phi) is 4.59. The minimum Gasteiger partial charge on any atom is -0.479 e. The SMILES string of the molecule is CC1(C)CCCCC1(/N=N/C1(C(=O)O)CCCCC1)C(=O)O. The van der Waals surface area contributed by atoms with Crippen molar-refractivity contribution in [1.29, 1.82) is 0 Å². The second-order valence-electron chi connectivity index (χ2n) is 7.35. The van der Waals surface area contributed by atoms with Gasteiger partial charge in [0.05, 0.1) is 0 Å². The summed E-state index contributed by atoms with van der Waals surface area (Å²) in [4.78, 5) is 23.6. The molecule has 0 heterocycles. The summed E-state index contributed by atoms with van der Waals surface area (Å²) in [6.07, 6.45) is 6.44. The Hall–Kier alpha value is -1.46. The van der Waals surface area contributed by atoms with Gasteiger partial charge in [0.25, 0.3) is 0 Å². The summed E-state index contributed by atoms with van der Waals surface area (Å²) in [5, 5.41) is 27.7. The summed E-state index contributed by atoms with van der Waals surface area (Å²) in [6, 6.07) is 0. The summed E-state index contributed by atoms with van der Waals surface area (Å²) in [6.45, 7) is 3.79. The first-order valence-corrected chi connectivity index (χ1v) is 8.17. The van der Waals surface area contributed by atoms with Gasteiger partial charge in [0.1, 0.15) is 0 Å². The van der Waals surface area contributed by atoms with Crippen LogP contribution in [0.1, 0.15) is 71.6 Å². The minimum atomic E-state index is -1.30. The average Bonchev–Trinajstić information content (AvgIpc) is 2.46. The highest BCUT2D eigenvalue weighted by Crippen LogP contribution is 2.47. The van der Waals surface area contributed by atoms with E-state index in [1.54, 1.807) is 0 Å². The quantitative estimate of drug-likeness (QED) is 0.774. The van der Waals surface area contributed by atoms with E-state index >= 15 is 0 Å². The van der Waals surface area contributed by atoms with E-state index in [0.717, 1.165) is 38.5 Å². The molecule has 2 aliphatic rings. The molecule has 22 heavy (non-hydrogen) atoms. The molecule has 0 saturated heterocycles. The zero-order valence-corrected chi connectivity index (χ0v) is 13.5. The lowest BCUT2D eigenvalue weighted by Crippen LogP contribution is -2.52. The minimum absolute atomic E-state index is 0.425. The van der Waals surface area contributed by atoms with Gasteiger partial charge in [-0.05, 0) is 25.7 Å². The zero-order chi connectivity index (χ0) is 16.4. The molecule has 2 saturated carbocycles. The van der Waals surface area contributed by atoms with Crippen molar-refractivity contribution in [2.45, 2.75) is 82.7 Å². The second kappa shape index (κ2) is 5.97. The molecule has 6 heteroatoms. The third-order valence-electron chi connectivity index (χ3n) is 5.55. The van der Waals surface area contributed by atoms with Crippen LogP contribution in [-0.4, -0.2) is 33.2 Å². The maximum Gasteiger partial charge on any atom is 0.334 e. The first kappa shape index (κ1) is 16.9. The molecule has 0 aromatic carbocycles. The highest BCUT2D eigenvalue weighted by atomic mass is 16.4. The van der Waals surface area contributed by atoms with Crippen LogP contribution in [0.3, 0.4) is 0 Å². The number of hydrogen-bond acceptors (Lipinski definition) is 4.